The lowest BCUT2D eigenvalue weighted by molar-refractivity contribution is 0.890. The zero-order valence-corrected chi connectivity index (χ0v) is 5.85. The molecule has 2 nitrogen and oxygen atoms in total. The molecular formula is C7H14N2. The third-order valence-electron chi connectivity index (χ3n) is 1.07. The summed E-state index contributed by atoms with van der Waals surface area (Å²) in [7, 11) is 0. The topological polar surface area (TPSA) is 38.0 Å². The van der Waals surface area contributed by atoms with Crippen molar-refractivity contribution in [3.63, 3.8) is 0 Å². The van der Waals surface area contributed by atoms with Gasteiger partial charge < -0.3 is 11.1 Å². The molecule has 0 saturated heterocycles. The molecule has 0 fully saturated rings. The fourth-order valence-electron chi connectivity index (χ4n) is 0.396. The Hall–Kier alpha value is -0.920. The van der Waals surface area contributed by atoms with Gasteiger partial charge in [0, 0.05) is 18.9 Å². The predicted octanol–water partition coefficient (Wildman–Crippen LogP) is 0.972. The van der Waals surface area contributed by atoms with Crippen molar-refractivity contribution in [1.82, 2.24) is 5.32 Å². The van der Waals surface area contributed by atoms with Crippen LogP contribution in [-0.4, -0.2) is 6.54 Å². The Labute approximate surface area is 56.4 Å². The first-order valence-electron chi connectivity index (χ1n) is 3.08. The molecule has 0 amide bonds. The van der Waals surface area contributed by atoms with Crippen LogP contribution in [0.5, 0.6) is 0 Å². The normalized spacial score (nSPS) is 9.89. The smallest absolute Gasteiger partial charge is 0.0352 e. The molecule has 0 atom stereocenters. The molecule has 0 bridgehead atoms. The van der Waals surface area contributed by atoms with E-state index in [0.29, 0.717) is 0 Å². The molecule has 0 aromatic heterocycles. The second-order valence-electron chi connectivity index (χ2n) is 1.84. The maximum absolute atomic E-state index is 5.08. The third-order valence-corrected chi connectivity index (χ3v) is 1.07. The third kappa shape index (κ3) is 4.94. The molecule has 0 heterocycles. The first-order valence-corrected chi connectivity index (χ1v) is 3.08. The summed E-state index contributed by atoms with van der Waals surface area (Å²) in [5.41, 5.74) is 6.27. The standard InChI is InChI=1S/C7H14N2/c1-3-7(2)6-9-5-4-8/h4-5,9H,2-3,6,8H2,1H3/b5-4-. The highest BCUT2D eigenvalue weighted by Gasteiger charge is 1.83. The zero-order valence-electron chi connectivity index (χ0n) is 5.85. The average molecular weight is 126 g/mol. The van der Waals surface area contributed by atoms with Crippen LogP contribution in [0.25, 0.3) is 0 Å². The van der Waals surface area contributed by atoms with Crippen LogP contribution < -0.4 is 11.1 Å². The highest BCUT2D eigenvalue weighted by Crippen LogP contribution is 1.91. The molecule has 0 unspecified atom stereocenters. The van der Waals surface area contributed by atoms with Crippen LogP contribution in [0.15, 0.2) is 24.6 Å². The molecule has 0 aromatic carbocycles. The van der Waals surface area contributed by atoms with E-state index in [4.69, 9.17) is 5.73 Å². The zero-order chi connectivity index (χ0) is 7.11. The van der Waals surface area contributed by atoms with Gasteiger partial charge in [-0.15, -0.1) is 0 Å². The molecule has 0 rings (SSSR count). The van der Waals surface area contributed by atoms with Crippen LogP contribution >= 0.6 is 0 Å². The van der Waals surface area contributed by atoms with Gasteiger partial charge in [0.1, 0.15) is 0 Å². The molecule has 3 N–H and O–H groups in total. The molecule has 0 radical (unpaired) electrons. The monoisotopic (exact) mass is 126 g/mol. The van der Waals surface area contributed by atoms with Crippen molar-refractivity contribution in [3.8, 4) is 0 Å². The van der Waals surface area contributed by atoms with Crippen LogP contribution in [0, 0.1) is 0 Å². The molecule has 0 aromatic rings. The van der Waals surface area contributed by atoms with Crippen LogP contribution in [0.4, 0.5) is 0 Å². The van der Waals surface area contributed by atoms with Crippen molar-refractivity contribution in [2.45, 2.75) is 13.3 Å². The van der Waals surface area contributed by atoms with E-state index >= 15 is 0 Å². The number of hydrogen-bond acceptors (Lipinski definition) is 2. The molecule has 0 aliphatic carbocycles. The maximum Gasteiger partial charge on any atom is 0.0352 e. The van der Waals surface area contributed by atoms with E-state index in [-0.39, 0.29) is 0 Å². The Bertz CT molecular complexity index is 105. The van der Waals surface area contributed by atoms with Gasteiger partial charge in [0.25, 0.3) is 0 Å². The van der Waals surface area contributed by atoms with Crippen LogP contribution in [0.3, 0.4) is 0 Å². The summed E-state index contributed by atoms with van der Waals surface area (Å²) in [5, 5.41) is 2.98. The van der Waals surface area contributed by atoms with Gasteiger partial charge in [0.05, 0.1) is 0 Å². The van der Waals surface area contributed by atoms with E-state index in [1.165, 1.54) is 11.8 Å². The molecule has 0 aliphatic rings. The number of rotatable bonds is 4. The van der Waals surface area contributed by atoms with E-state index in [9.17, 15) is 0 Å². The van der Waals surface area contributed by atoms with Crippen molar-refractivity contribution in [2.75, 3.05) is 6.54 Å². The van der Waals surface area contributed by atoms with E-state index < -0.39 is 0 Å². The lowest BCUT2D eigenvalue weighted by atomic mass is 10.2. The Morgan fingerprint density at radius 1 is 1.78 bits per heavy atom. The lowest BCUT2D eigenvalue weighted by Crippen LogP contribution is -2.08. The highest BCUT2D eigenvalue weighted by molar-refractivity contribution is 4.96. The molecule has 52 valence electrons. The SMILES string of the molecule is C=C(CC)CN/C=C\N. The Balaban J connectivity index is 3.17. The first kappa shape index (κ1) is 8.08. The second-order valence-corrected chi connectivity index (χ2v) is 1.84. The van der Waals surface area contributed by atoms with E-state index in [1.807, 2.05) is 0 Å². The maximum atomic E-state index is 5.08. The van der Waals surface area contributed by atoms with Gasteiger partial charge in [0.15, 0.2) is 0 Å². The molecule has 9 heavy (non-hydrogen) atoms. The van der Waals surface area contributed by atoms with Gasteiger partial charge in [-0.25, -0.2) is 0 Å². The summed E-state index contributed by atoms with van der Waals surface area (Å²) in [6.45, 7) is 6.71. The Morgan fingerprint density at radius 3 is 2.89 bits per heavy atom. The number of nitrogens with one attached hydrogen (secondary N) is 1. The predicted molar refractivity (Wildman–Crippen MR) is 40.8 cm³/mol. The van der Waals surface area contributed by atoms with Crippen molar-refractivity contribution in [3.05, 3.63) is 24.6 Å². The summed E-state index contributed by atoms with van der Waals surface area (Å²) in [6.07, 6.45) is 4.20. The fourth-order valence-corrected chi connectivity index (χ4v) is 0.396. The van der Waals surface area contributed by atoms with Crippen molar-refractivity contribution < 1.29 is 0 Å². The summed E-state index contributed by atoms with van der Waals surface area (Å²) in [6, 6.07) is 0. The minimum Gasteiger partial charge on any atom is -0.403 e. The number of nitrogens with two attached hydrogens (primary N) is 1. The Kier molecular flexibility index (Phi) is 4.69. The van der Waals surface area contributed by atoms with Gasteiger partial charge in [0.2, 0.25) is 0 Å². The molecular weight excluding hydrogens is 112 g/mol. The largest absolute Gasteiger partial charge is 0.403 e. The quantitative estimate of drug-likeness (QED) is 0.551. The van der Waals surface area contributed by atoms with Crippen molar-refractivity contribution in [1.29, 1.82) is 0 Å². The van der Waals surface area contributed by atoms with E-state index in [0.717, 1.165) is 13.0 Å². The Morgan fingerprint density at radius 2 is 2.44 bits per heavy atom. The summed E-state index contributed by atoms with van der Waals surface area (Å²) >= 11 is 0. The van der Waals surface area contributed by atoms with Crippen LogP contribution in [0.1, 0.15) is 13.3 Å². The molecule has 0 saturated carbocycles. The summed E-state index contributed by atoms with van der Waals surface area (Å²) < 4.78 is 0. The summed E-state index contributed by atoms with van der Waals surface area (Å²) in [5.74, 6) is 0. The van der Waals surface area contributed by atoms with E-state index in [1.54, 1.807) is 6.20 Å². The number of hydrogen-bond donors (Lipinski definition) is 2. The summed E-state index contributed by atoms with van der Waals surface area (Å²) in [4.78, 5) is 0. The van der Waals surface area contributed by atoms with Crippen LogP contribution in [-0.2, 0) is 0 Å². The van der Waals surface area contributed by atoms with Crippen LogP contribution in [0.2, 0.25) is 0 Å². The fraction of sp³-hybridized carbons (Fsp3) is 0.429. The molecule has 2 heteroatoms. The van der Waals surface area contributed by atoms with Gasteiger partial charge >= 0.3 is 0 Å². The van der Waals surface area contributed by atoms with Gasteiger partial charge in [-0.2, -0.15) is 0 Å². The first-order chi connectivity index (χ1) is 4.31. The molecule has 0 spiro atoms. The second kappa shape index (κ2) is 5.22. The minimum absolute atomic E-state index is 0.824. The van der Waals surface area contributed by atoms with Crippen molar-refractivity contribution >= 4 is 0 Å². The van der Waals surface area contributed by atoms with Gasteiger partial charge in [-0.05, 0) is 6.42 Å². The van der Waals surface area contributed by atoms with Gasteiger partial charge in [-0.1, -0.05) is 19.1 Å². The molecule has 0 aliphatic heterocycles. The van der Waals surface area contributed by atoms with Gasteiger partial charge in [-0.3, -0.25) is 0 Å². The van der Waals surface area contributed by atoms with Crippen molar-refractivity contribution in [2.24, 2.45) is 5.73 Å². The average Bonchev–Trinajstić information content (AvgIpc) is 1.89. The lowest BCUT2D eigenvalue weighted by Gasteiger charge is -1.99. The highest BCUT2D eigenvalue weighted by atomic mass is 14.8. The minimum atomic E-state index is 0.824. The van der Waals surface area contributed by atoms with E-state index in [2.05, 4.69) is 18.8 Å².